The number of rotatable bonds is 2. The van der Waals surface area contributed by atoms with Crippen LogP contribution in [-0.4, -0.2) is 10.1 Å². The molecule has 0 aliphatic carbocycles. The van der Waals surface area contributed by atoms with Crippen LogP contribution in [0.1, 0.15) is 0 Å². The number of fused-ring (bicyclic) bond motifs is 1. The standard InChI is InChI=1S/C15H10BrN3O/c16-10-5-8-15(17-9-10)19-18-13-6-7-14(20)12-4-2-1-3-11(12)13/h1-9,20H. The Labute approximate surface area is 123 Å². The van der Waals surface area contributed by atoms with Crippen molar-refractivity contribution in [2.24, 2.45) is 10.2 Å². The molecule has 1 N–H and O–H groups in total. The summed E-state index contributed by atoms with van der Waals surface area (Å²) in [6.07, 6.45) is 1.67. The summed E-state index contributed by atoms with van der Waals surface area (Å²) in [5.74, 6) is 0.770. The van der Waals surface area contributed by atoms with Crippen molar-refractivity contribution >= 4 is 38.2 Å². The largest absolute Gasteiger partial charge is 0.507 e. The second-order valence-electron chi connectivity index (χ2n) is 4.18. The highest BCUT2D eigenvalue weighted by molar-refractivity contribution is 9.10. The minimum atomic E-state index is 0.237. The van der Waals surface area contributed by atoms with Gasteiger partial charge in [-0.15, -0.1) is 10.2 Å². The molecule has 0 aliphatic heterocycles. The van der Waals surface area contributed by atoms with Crippen LogP contribution in [0.2, 0.25) is 0 Å². The number of phenols is 1. The van der Waals surface area contributed by atoms with Crippen LogP contribution in [0.4, 0.5) is 11.5 Å². The van der Waals surface area contributed by atoms with E-state index in [9.17, 15) is 5.11 Å². The Bertz CT molecular complexity index is 785. The number of benzene rings is 2. The van der Waals surface area contributed by atoms with Gasteiger partial charge in [-0.1, -0.05) is 24.3 Å². The van der Waals surface area contributed by atoms with Crippen molar-refractivity contribution in [1.29, 1.82) is 0 Å². The van der Waals surface area contributed by atoms with Crippen molar-refractivity contribution in [2.75, 3.05) is 0 Å². The lowest BCUT2D eigenvalue weighted by Gasteiger charge is -2.03. The van der Waals surface area contributed by atoms with Gasteiger partial charge >= 0.3 is 0 Å². The van der Waals surface area contributed by atoms with Crippen LogP contribution in [0.5, 0.6) is 5.75 Å². The summed E-state index contributed by atoms with van der Waals surface area (Å²) in [5.41, 5.74) is 0.697. The normalized spacial score (nSPS) is 11.2. The molecule has 20 heavy (non-hydrogen) atoms. The zero-order valence-electron chi connectivity index (χ0n) is 10.4. The lowest BCUT2D eigenvalue weighted by Crippen LogP contribution is -1.75. The Balaban J connectivity index is 2.03. The molecule has 0 bridgehead atoms. The van der Waals surface area contributed by atoms with E-state index in [0.717, 1.165) is 15.2 Å². The monoisotopic (exact) mass is 327 g/mol. The van der Waals surface area contributed by atoms with Crippen molar-refractivity contribution < 1.29 is 5.11 Å². The Hall–Kier alpha value is -2.27. The van der Waals surface area contributed by atoms with Gasteiger partial charge in [-0.3, -0.25) is 0 Å². The van der Waals surface area contributed by atoms with Gasteiger partial charge in [0.1, 0.15) is 5.75 Å². The number of azo groups is 1. The number of halogens is 1. The van der Waals surface area contributed by atoms with Gasteiger partial charge in [0.25, 0.3) is 0 Å². The van der Waals surface area contributed by atoms with Crippen LogP contribution in [0.25, 0.3) is 10.8 Å². The summed E-state index contributed by atoms with van der Waals surface area (Å²) in [5, 5.41) is 19.8. The molecule has 0 amide bonds. The molecule has 0 unspecified atom stereocenters. The number of pyridine rings is 1. The fraction of sp³-hybridized carbons (Fsp3) is 0. The maximum atomic E-state index is 9.82. The smallest absolute Gasteiger partial charge is 0.174 e. The quantitative estimate of drug-likeness (QED) is 0.664. The van der Waals surface area contributed by atoms with E-state index in [4.69, 9.17) is 0 Å². The number of phenolic OH excluding ortho intramolecular Hbond substituents is 1. The summed E-state index contributed by atoms with van der Waals surface area (Å²) < 4.78 is 0.895. The van der Waals surface area contributed by atoms with Crippen molar-refractivity contribution in [3.8, 4) is 5.75 Å². The molecule has 3 rings (SSSR count). The summed E-state index contributed by atoms with van der Waals surface area (Å²) in [6.45, 7) is 0. The minimum absolute atomic E-state index is 0.237. The Morgan fingerprint density at radius 3 is 2.45 bits per heavy atom. The van der Waals surface area contributed by atoms with Crippen molar-refractivity contribution in [2.45, 2.75) is 0 Å². The van der Waals surface area contributed by atoms with Crippen LogP contribution < -0.4 is 0 Å². The number of aromatic nitrogens is 1. The molecule has 0 fully saturated rings. The molecule has 0 aliphatic rings. The topological polar surface area (TPSA) is 57.8 Å². The van der Waals surface area contributed by atoms with Gasteiger partial charge in [0, 0.05) is 21.4 Å². The molecule has 3 aromatic rings. The van der Waals surface area contributed by atoms with Gasteiger partial charge in [-0.25, -0.2) is 4.98 Å². The van der Waals surface area contributed by atoms with E-state index in [1.54, 1.807) is 24.4 Å². The van der Waals surface area contributed by atoms with Gasteiger partial charge in [0.15, 0.2) is 5.82 Å². The molecular formula is C15H10BrN3O. The highest BCUT2D eigenvalue weighted by atomic mass is 79.9. The molecule has 0 spiro atoms. The Morgan fingerprint density at radius 1 is 0.900 bits per heavy atom. The van der Waals surface area contributed by atoms with Crippen molar-refractivity contribution in [3.05, 3.63) is 59.2 Å². The summed E-state index contributed by atoms with van der Waals surface area (Å²) in [7, 11) is 0. The lowest BCUT2D eigenvalue weighted by molar-refractivity contribution is 0.481. The van der Waals surface area contributed by atoms with E-state index in [-0.39, 0.29) is 5.75 Å². The predicted octanol–water partition coefficient (Wildman–Crippen LogP) is 5.12. The zero-order chi connectivity index (χ0) is 13.9. The van der Waals surface area contributed by atoms with E-state index in [2.05, 4.69) is 31.1 Å². The van der Waals surface area contributed by atoms with Gasteiger partial charge in [0.2, 0.25) is 0 Å². The Kier molecular flexibility index (Phi) is 3.43. The van der Waals surface area contributed by atoms with Crippen LogP contribution in [0.3, 0.4) is 0 Å². The zero-order valence-corrected chi connectivity index (χ0v) is 11.9. The van der Waals surface area contributed by atoms with Gasteiger partial charge < -0.3 is 5.11 Å². The second kappa shape index (κ2) is 5.38. The molecule has 0 atom stereocenters. The first kappa shape index (κ1) is 12.7. The first-order chi connectivity index (χ1) is 9.74. The molecule has 5 heteroatoms. The SMILES string of the molecule is Oc1ccc(N=Nc2ccc(Br)cn2)c2ccccc12. The third-order valence-electron chi connectivity index (χ3n) is 2.85. The number of nitrogens with zero attached hydrogens (tertiary/aromatic N) is 3. The molecule has 98 valence electrons. The average molecular weight is 328 g/mol. The predicted molar refractivity (Wildman–Crippen MR) is 81.7 cm³/mol. The fourth-order valence-electron chi connectivity index (χ4n) is 1.89. The lowest BCUT2D eigenvalue weighted by atomic mass is 10.1. The molecule has 4 nitrogen and oxygen atoms in total. The van der Waals surface area contributed by atoms with Gasteiger partial charge in [-0.05, 0) is 40.2 Å². The summed E-state index contributed by atoms with van der Waals surface area (Å²) >= 11 is 3.32. The van der Waals surface area contributed by atoms with E-state index < -0.39 is 0 Å². The Morgan fingerprint density at radius 2 is 1.70 bits per heavy atom. The van der Waals surface area contributed by atoms with E-state index in [1.807, 2.05) is 30.3 Å². The molecule has 0 radical (unpaired) electrons. The first-order valence-corrected chi connectivity index (χ1v) is 6.77. The highest BCUT2D eigenvalue weighted by Gasteiger charge is 2.03. The van der Waals surface area contributed by atoms with E-state index in [0.29, 0.717) is 11.5 Å². The van der Waals surface area contributed by atoms with Gasteiger partial charge in [0.05, 0.1) is 5.69 Å². The maximum absolute atomic E-state index is 9.82. The number of hydrogen-bond donors (Lipinski definition) is 1. The molecule has 0 saturated heterocycles. The molecule has 0 saturated carbocycles. The van der Waals surface area contributed by atoms with Crippen LogP contribution in [-0.2, 0) is 0 Å². The van der Waals surface area contributed by atoms with Crippen molar-refractivity contribution in [1.82, 2.24) is 4.98 Å². The molecule has 2 aromatic carbocycles. The highest BCUT2D eigenvalue weighted by Crippen LogP contribution is 2.33. The second-order valence-corrected chi connectivity index (χ2v) is 5.10. The number of hydrogen-bond acceptors (Lipinski definition) is 4. The number of aromatic hydroxyl groups is 1. The van der Waals surface area contributed by atoms with Crippen LogP contribution >= 0.6 is 15.9 Å². The minimum Gasteiger partial charge on any atom is -0.507 e. The maximum Gasteiger partial charge on any atom is 0.174 e. The van der Waals surface area contributed by atoms with E-state index in [1.165, 1.54) is 0 Å². The van der Waals surface area contributed by atoms with E-state index >= 15 is 0 Å². The molecule has 1 aromatic heterocycles. The average Bonchev–Trinajstić information content (AvgIpc) is 2.49. The first-order valence-electron chi connectivity index (χ1n) is 5.98. The van der Waals surface area contributed by atoms with Crippen LogP contribution in [0.15, 0.2) is 69.4 Å². The van der Waals surface area contributed by atoms with Gasteiger partial charge in [-0.2, -0.15) is 0 Å². The third kappa shape index (κ3) is 2.53. The van der Waals surface area contributed by atoms with Crippen molar-refractivity contribution in [3.63, 3.8) is 0 Å². The summed E-state index contributed by atoms with van der Waals surface area (Å²) in [6, 6.07) is 14.5. The molecular weight excluding hydrogens is 318 g/mol. The third-order valence-corrected chi connectivity index (χ3v) is 3.32. The fourth-order valence-corrected chi connectivity index (χ4v) is 2.12. The molecule has 1 heterocycles. The van der Waals surface area contributed by atoms with Crippen LogP contribution in [0, 0.1) is 0 Å². The summed E-state index contributed by atoms with van der Waals surface area (Å²) in [4.78, 5) is 4.13.